The van der Waals surface area contributed by atoms with Crippen LogP contribution in [0.25, 0.3) is 10.9 Å². The lowest BCUT2D eigenvalue weighted by molar-refractivity contribution is -0.0557. The van der Waals surface area contributed by atoms with Crippen molar-refractivity contribution >= 4 is 26.8 Å². The largest absolute Gasteiger partial charge is 0.375 e. The van der Waals surface area contributed by atoms with Crippen LogP contribution < -0.4 is 0 Å². The minimum Gasteiger partial charge on any atom is -0.375 e. The van der Waals surface area contributed by atoms with Crippen LogP contribution in [0, 0.1) is 0 Å². The minimum absolute atomic E-state index is 0.0722. The number of H-pyrrole nitrogens is 1. The summed E-state index contributed by atoms with van der Waals surface area (Å²) < 4.78 is 30.9. The molecule has 1 amide bonds. The molecule has 0 aliphatic carbocycles. The second kappa shape index (κ2) is 7.85. The molecule has 1 N–H and O–H groups in total. The molecule has 2 saturated heterocycles. The first kappa shape index (κ1) is 19.4. The molecular formula is C20H27N3O4S. The van der Waals surface area contributed by atoms with E-state index in [2.05, 4.69) is 4.98 Å². The van der Waals surface area contributed by atoms with Gasteiger partial charge in [0, 0.05) is 48.8 Å². The topological polar surface area (TPSA) is 82.7 Å². The van der Waals surface area contributed by atoms with Crippen molar-refractivity contribution in [1.82, 2.24) is 14.2 Å². The van der Waals surface area contributed by atoms with Crippen molar-refractivity contribution in [2.75, 3.05) is 32.4 Å². The smallest absolute Gasteiger partial charge is 0.253 e. The van der Waals surface area contributed by atoms with Gasteiger partial charge < -0.3 is 14.6 Å². The van der Waals surface area contributed by atoms with Crippen LogP contribution in [0.3, 0.4) is 0 Å². The Balaban J connectivity index is 1.27. The number of hydrogen-bond acceptors (Lipinski definition) is 4. The van der Waals surface area contributed by atoms with Gasteiger partial charge in [0.1, 0.15) is 0 Å². The molecule has 4 rings (SSSR count). The summed E-state index contributed by atoms with van der Waals surface area (Å²) in [5.74, 6) is 0.0722. The van der Waals surface area contributed by atoms with Crippen molar-refractivity contribution in [3.63, 3.8) is 0 Å². The molecule has 1 aromatic heterocycles. The van der Waals surface area contributed by atoms with Crippen molar-refractivity contribution in [2.24, 2.45) is 0 Å². The highest BCUT2D eigenvalue weighted by molar-refractivity contribution is 7.88. The number of piperidine rings is 2. The molecule has 0 atom stereocenters. The molecule has 0 unspecified atom stereocenters. The van der Waals surface area contributed by atoms with Gasteiger partial charge in [-0.2, -0.15) is 0 Å². The number of aromatic nitrogens is 1. The van der Waals surface area contributed by atoms with E-state index in [-0.39, 0.29) is 18.1 Å². The third-order valence-corrected chi connectivity index (χ3v) is 7.09. The molecule has 8 heteroatoms. The van der Waals surface area contributed by atoms with Crippen LogP contribution in [0.5, 0.6) is 0 Å². The van der Waals surface area contributed by atoms with E-state index < -0.39 is 10.0 Å². The van der Waals surface area contributed by atoms with Crippen LogP contribution in [-0.2, 0) is 14.8 Å². The third kappa shape index (κ3) is 4.24. The fourth-order valence-corrected chi connectivity index (χ4v) is 5.01. The summed E-state index contributed by atoms with van der Waals surface area (Å²) in [4.78, 5) is 17.9. The number of ether oxygens (including phenoxy) is 1. The highest BCUT2D eigenvalue weighted by atomic mass is 32.2. The molecule has 2 fully saturated rings. The first-order chi connectivity index (χ1) is 13.4. The lowest BCUT2D eigenvalue weighted by Crippen LogP contribution is -2.44. The summed E-state index contributed by atoms with van der Waals surface area (Å²) in [6.45, 7) is 2.44. The molecule has 0 spiro atoms. The fourth-order valence-electron chi connectivity index (χ4n) is 4.14. The number of aromatic amines is 1. The SMILES string of the molecule is CS(=O)(=O)N1CCC(OC2CCN(C(=O)c3ccc4[nH]ccc4c3)CC2)CC1. The highest BCUT2D eigenvalue weighted by Gasteiger charge is 2.29. The first-order valence-corrected chi connectivity index (χ1v) is 11.7. The molecule has 0 saturated carbocycles. The normalized spacial score (nSPS) is 20.7. The van der Waals surface area contributed by atoms with E-state index in [0.717, 1.165) is 42.1 Å². The summed E-state index contributed by atoms with van der Waals surface area (Å²) in [7, 11) is -3.10. The molecule has 3 heterocycles. The second-order valence-corrected chi connectivity index (χ2v) is 9.75. The van der Waals surface area contributed by atoms with Crippen molar-refractivity contribution in [1.29, 1.82) is 0 Å². The Hall–Kier alpha value is -1.90. The van der Waals surface area contributed by atoms with E-state index in [1.54, 1.807) is 0 Å². The zero-order valence-electron chi connectivity index (χ0n) is 16.1. The average molecular weight is 406 g/mol. The molecule has 2 aliphatic rings. The lowest BCUT2D eigenvalue weighted by Gasteiger charge is -2.36. The molecular weight excluding hydrogens is 378 g/mol. The maximum absolute atomic E-state index is 12.8. The van der Waals surface area contributed by atoms with Crippen LogP contribution in [-0.4, -0.2) is 73.2 Å². The van der Waals surface area contributed by atoms with Gasteiger partial charge in [0.25, 0.3) is 5.91 Å². The van der Waals surface area contributed by atoms with E-state index in [4.69, 9.17) is 4.74 Å². The number of amides is 1. The van der Waals surface area contributed by atoms with Gasteiger partial charge in [-0.3, -0.25) is 4.79 Å². The standard InChI is InChI=1S/C20H27N3O4S/c1-28(25,26)23-12-7-18(8-13-23)27-17-5-10-22(11-6-17)20(24)16-2-3-19-15(14-16)4-9-21-19/h2-4,9,14,17-18,21H,5-8,10-13H2,1H3. The van der Waals surface area contributed by atoms with Gasteiger partial charge in [-0.1, -0.05) is 0 Å². The summed E-state index contributed by atoms with van der Waals surface area (Å²) >= 11 is 0. The maximum Gasteiger partial charge on any atom is 0.253 e. The number of carbonyl (C=O) groups excluding carboxylic acids is 1. The maximum atomic E-state index is 12.8. The summed E-state index contributed by atoms with van der Waals surface area (Å²) in [5.41, 5.74) is 1.75. The van der Waals surface area contributed by atoms with E-state index in [1.165, 1.54) is 10.6 Å². The zero-order valence-corrected chi connectivity index (χ0v) is 17.0. The highest BCUT2D eigenvalue weighted by Crippen LogP contribution is 2.23. The fraction of sp³-hybridized carbons (Fsp3) is 0.550. The third-order valence-electron chi connectivity index (χ3n) is 5.78. The average Bonchev–Trinajstić information content (AvgIpc) is 3.15. The van der Waals surface area contributed by atoms with Gasteiger partial charge in [-0.15, -0.1) is 0 Å². The molecule has 7 nitrogen and oxygen atoms in total. The van der Waals surface area contributed by atoms with E-state index in [1.807, 2.05) is 35.4 Å². The molecule has 2 aromatic rings. The minimum atomic E-state index is -3.10. The first-order valence-electron chi connectivity index (χ1n) is 9.87. The Morgan fingerprint density at radius 2 is 1.68 bits per heavy atom. The van der Waals surface area contributed by atoms with Gasteiger partial charge in [0.2, 0.25) is 10.0 Å². The van der Waals surface area contributed by atoms with Gasteiger partial charge in [-0.05, 0) is 49.9 Å². The van der Waals surface area contributed by atoms with Gasteiger partial charge in [0.05, 0.1) is 18.5 Å². The number of sulfonamides is 1. The Morgan fingerprint density at radius 3 is 2.32 bits per heavy atom. The Kier molecular flexibility index (Phi) is 5.44. The van der Waals surface area contributed by atoms with Crippen LogP contribution in [0.4, 0.5) is 0 Å². The predicted octanol–water partition coefficient (Wildman–Crippen LogP) is 2.21. The molecule has 1 aromatic carbocycles. The molecule has 152 valence electrons. The number of nitrogens with one attached hydrogen (secondary N) is 1. The number of likely N-dealkylation sites (tertiary alicyclic amines) is 1. The van der Waals surface area contributed by atoms with E-state index in [9.17, 15) is 13.2 Å². The van der Waals surface area contributed by atoms with E-state index in [0.29, 0.717) is 26.2 Å². The number of rotatable bonds is 4. The summed E-state index contributed by atoms with van der Waals surface area (Å²) in [5, 5.41) is 1.05. The van der Waals surface area contributed by atoms with Crippen molar-refractivity contribution in [2.45, 2.75) is 37.9 Å². The van der Waals surface area contributed by atoms with Crippen LogP contribution in [0.1, 0.15) is 36.0 Å². The lowest BCUT2D eigenvalue weighted by atomic mass is 10.0. The Bertz CT molecular complexity index is 939. The van der Waals surface area contributed by atoms with Crippen LogP contribution in [0.15, 0.2) is 30.5 Å². The number of carbonyl (C=O) groups is 1. The molecule has 0 bridgehead atoms. The number of nitrogens with zero attached hydrogens (tertiary/aromatic N) is 2. The van der Waals surface area contributed by atoms with Gasteiger partial charge >= 0.3 is 0 Å². The second-order valence-electron chi connectivity index (χ2n) is 7.77. The van der Waals surface area contributed by atoms with Crippen molar-refractivity contribution in [3.8, 4) is 0 Å². The van der Waals surface area contributed by atoms with Crippen molar-refractivity contribution < 1.29 is 17.9 Å². The van der Waals surface area contributed by atoms with Crippen molar-refractivity contribution in [3.05, 3.63) is 36.0 Å². The number of benzene rings is 1. The molecule has 0 radical (unpaired) electrons. The number of fused-ring (bicyclic) bond motifs is 1. The van der Waals surface area contributed by atoms with Gasteiger partial charge in [0.15, 0.2) is 0 Å². The monoisotopic (exact) mass is 405 g/mol. The Morgan fingerprint density at radius 1 is 1.04 bits per heavy atom. The zero-order chi connectivity index (χ0) is 19.7. The quantitative estimate of drug-likeness (QED) is 0.846. The molecule has 2 aliphatic heterocycles. The summed E-state index contributed by atoms with van der Waals surface area (Å²) in [6, 6.07) is 7.73. The van der Waals surface area contributed by atoms with E-state index >= 15 is 0 Å². The van der Waals surface area contributed by atoms with Gasteiger partial charge in [-0.25, -0.2) is 12.7 Å². The number of hydrogen-bond donors (Lipinski definition) is 1. The Labute approximate surface area is 165 Å². The molecule has 28 heavy (non-hydrogen) atoms. The van der Waals surface area contributed by atoms with Crippen LogP contribution >= 0.6 is 0 Å². The predicted molar refractivity (Wildman–Crippen MR) is 108 cm³/mol. The summed E-state index contributed by atoms with van der Waals surface area (Å²) in [6.07, 6.45) is 6.52. The van der Waals surface area contributed by atoms with Crippen LogP contribution in [0.2, 0.25) is 0 Å².